The maximum Gasteiger partial charge on any atom is 0.308 e. The second-order valence-corrected chi connectivity index (χ2v) is 5.03. The average Bonchev–Trinajstić information content (AvgIpc) is 2.50. The van der Waals surface area contributed by atoms with E-state index in [4.69, 9.17) is 23.2 Å². The number of fused-ring (bicyclic) bond motifs is 1. The quantitative estimate of drug-likeness (QED) is 0.768. The predicted octanol–water partition coefficient (Wildman–Crippen LogP) is 3.70. The van der Waals surface area contributed by atoms with Crippen molar-refractivity contribution < 1.29 is 0 Å². The molecular weight excluding hydrogens is 253 g/mol. The van der Waals surface area contributed by atoms with E-state index in [9.17, 15) is 4.79 Å². The highest BCUT2D eigenvalue weighted by atomic mass is 35.5. The molecule has 0 saturated carbocycles. The van der Waals surface area contributed by atoms with E-state index in [1.807, 2.05) is 13.8 Å². The Hall–Kier alpha value is -0.510. The van der Waals surface area contributed by atoms with E-state index >= 15 is 0 Å². The van der Waals surface area contributed by atoms with Crippen LogP contribution in [0.1, 0.15) is 12.5 Å². The Morgan fingerprint density at radius 1 is 1.47 bits per heavy atom. The molecule has 0 atom stereocenters. The Morgan fingerprint density at radius 2 is 2.13 bits per heavy atom. The highest BCUT2D eigenvalue weighted by Gasteiger charge is 2.13. The van der Waals surface area contributed by atoms with E-state index in [-0.39, 0.29) is 4.87 Å². The summed E-state index contributed by atoms with van der Waals surface area (Å²) in [7, 11) is 0. The molecule has 0 amide bonds. The predicted molar refractivity (Wildman–Crippen MR) is 66.5 cm³/mol. The van der Waals surface area contributed by atoms with E-state index in [2.05, 4.69) is 0 Å². The Morgan fingerprint density at radius 3 is 2.73 bits per heavy atom. The molecule has 0 N–H and O–H groups in total. The summed E-state index contributed by atoms with van der Waals surface area (Å²) in [4.78, 5) is 11.6. The maximum atomic E-state index is 11.6. The van der Waals surface area contributed by atoms with Crippen molar-refractivity contribution in [1.82, 2.24) is 4.57 Å². The molecule has 0 bridgehead atoms. The lowest BCUT2D eigenvalue weighted by Crippen LogP contribution is -2.10. The summed E-state index contributed by atoms with van der Waals surface area (Å²) in [5.41, 5.74) is 1.63. The van der Waals surface area contributed by atoms with Gasteiger partial charge in [0, 0.05) is 11.6 Å². The molecular formula is C10H9Cl2NOS. The second kappa shape index (κ2) is 3.81. The third-order valence-electron chi connectivity index (χ3n) is 2.39. The molecule has 0 spiro atoms. The number of hydrogen-bond acceptors (Lipinski definition) is 2. The van der Waals surface area contributed by atoms with Crippen molar-refractivity contribution in [3.8, 4) is 0 Å². The normalized spacial score (nSPS) is 11.2. The van der Waals surface area contributed by atoms with Crippen molar-refractivity contribution >= 4 is 44.8 Å². The third kappa shape index (κ3) is 1.59. The lowest BCUT2D eigenvalue weighted by molar-refractivity contribution is 0.778. The molecule has 1 aromatic heterocycles. The first kappa shape index (κ1) is 11.0. The monoisotopic (exact) mass is 261 g/mol. The molecule has 0 radical (unpaired) electrons. The van der Waals surface area contributed by atoms with Gasteiger partial charge in [0.25, 0.3) is 0 Å². The van der Waals surface area contributed by atoms with Crippen LogP contribution in [0, 0.1) is 6.92 Å². The molecule has 1 heterocycles. The van der Waals surface area contributed by atoms with Crippen LogP contribution >= 0.6 is 34.5 Å². The molecule has 0 aliphatic rings. The maximum absolute atomic E-state index is 11.6. The number of benzene rings is 1. The van der Waals surface area contributed by atoms with Crippen molar-refractivity contribution in [2.45, 2.75) is 20.4 Å². The van der Waals surface area contributed by atoms with Crippen LogP contribution in [0.5, 0.6) is 0 Å². The Balaban J connectivity index is 3.00. The minimum absolute atomic E-state index is 0.0102. The lowest BCUT2D eigenvalue weighted by atomic mass is 10.2. The smallest absolute Gasteiger partial charge is 0.297 e. The summed E-state index contributed by atoms with van der Waals surface area (Å²) in [5, 5.41) is 1.19. The van der Waals surface area contributed by atoms with Gasteiger partial charge in [-0.05, 0) is 25.5 Å². The molecule has 2 rings (SSSR count). The van der Waals surface area contributed by atoms with Crippen LogP contribution in [-0.2, 0) is 6.54 Å². The number of rotatable bonds is 1. The number of hydrogen-bond donors (Lipinski definition) is 0. The van der Waals surface area contributed by atoms with E-state index in [0.29, 0.717) is 16.6 Å². The minimum Gasteiger partial charge on any atom is -0.297 e. The fourth-order valence-corrected chi connectivity index (χ4v) is 3.22. The van der Waals surface area contributed by atoms with Gasteiger partial charge in [0.2, 0.25) is 0 Å². The number of halogens is 2. The van der Waals surface area contributed by atoms with Crippen LogP contribution in [0.3, 0.4) is 0 Å². The molecule has 2 aromatic rings. The van der Waals surface area contributed by atoms with Gasteiger partial charge < -0.3 is 0 Å². The first-order chi connectivity index (χ1) is 7.06. The standard InChI is InChI=1S/C10H9Cl2NOS/c1-3-13-9-7(15-10(13)14)4-6(11)5(2)8(9)12/h4H,3H2,1-2H3. The van der Waals surface area contributed by atoms with Gasteiger partial charge in [-0.25, -0.2) is 0 Å². The number of aryl methyl sites for hydroxylation is 1. The summed E-state index contributed by atoms with van der Waals surface area (Å²) in [6.45, 7) is 4.40. The Bertz CT molecular complexity index is 585. The Labute approximate surface area is 101 Å². The van der Waals surface area contributed by atoms with E-state index < -0.39 is 0 Å². The van der Waals surface area contributed by atoms with Gasteiger partial charge in [0.1, 0.15) is 0 Å². The molecule has 5 heteroatoms. The number of thiazole rings is 1. The van der Waals surface area contributed by atoms with E-state index in [1.165, 1.54) is 11.3 Å². The van der Waals surface area contributed by atoms with Crippen molar-refractivity contribution in [2.24, 2.45) is 0 Å². The van der Waals surface area contributed by atoms with Crippen molar-refractivity contribution in [2.75, 3.05) is 0 Å². The van der Waals surface area contributed by atoms with Crippen LogP contribution in [0.2, 0.25) is 10.0 Å². The highest BCUT2D eigenvalue weighted by molar-refractivity contribution is 7.16. The number of nitrogens with zero attached hydrogens (tertiary/aromatic N) is 1. The fourth-order valence-electron chi connectivity index (χ4n) is 1.54. The fraction of sp³-hybridized carbons (Fsp3) is 0.300. The zero-order chi connectivity index (χ0) is 11.2. The molecule has 0 aliphatic carbocycles. The number of aromatic nitrogens is 1. The molecule has 1 aromatic carbocycles. The molecule has 0 fully saturated rings. The zero-order valence-electron chi connectivity index (χ0n) is 8.30. The van der Waals surface area contributed by atoms with Gasteiger partial charge >= 0.3 is 4.87 Å². The van der Waals surface area contributed by atoms with Gasteiger partial charge in [-0.15, -0.1) is 0 Å². The van der Waals surface area contributed by atoms with Crippen molar-refractivity contribution in [3.63, 3.8) is 0 Å². The molecule has 0 aliphatic heterocycles. The van der Waals surface area contributed by atoms with Crippen LogP contribution in [0.15, 0.2) is 10.9 Å². The lowest BCUT2D eigenvalue weighted by Gasteiger charge is -2.05. The highest BCUT2D eigenvalue weighted by Crippen LogP contribution is 2.33. The summed E-state index contributed by atoms with van der Waals surface area (Å²) in [5.74, 6) is 0. The topological polar surface area (TPSA) is 22.0 Å². The van der Waals surface area contributed by atoms with Crippen LogP contribution in [0.25, 0.3) is 10.2 Å². The minimum atomic E-state index is 0.0102. The van der Waals surface area contributed by atoms with Crippen molar-refractivity contribution in [3.05, 3.63) is 31.3 Å². The molecule has 0 unspecified atom stereocenters. The first-order valence-electron chi connectivity index (χ1n) is 4.54. The van der Waals surface area contributed by atoms with Crippen LogP contribution in [0.4, 0.5) is 0 Å². The molecule has 80 valence electrons. The molecule has 0 saturated heterocycles. The van der Waals surface area contributed by atoms with Gasteiger partial charge in [-0.3, -0.25) is 9.36 Å². The average molecular weight is 262 g/mol. The van der Waals surface area contributed by atoms with Gasteiger partial charge in [0.15, 0.2) is 0 Å². The summed E-state index contributed by atoms with van der Waals surface area (Å²) in [6.07, 6.45) is 0. The van der Waals surface area contributed by atoms with E-state index in [0.717, 1.165) is 15.8 Å². The summed E-state index contributed by atoms with van der Waals surface area (Å²) >= 11 is 13.4. The SMILES string of the molecule is CCn1c(=O)sc2cc(Cl)c(C)c(Cl)c21. The van der Waals surface area contributed by atoms with Crippen molar-refractivity contribution in [1.29, 1.82) is 0 Å². The second-order valence-electron chi connectivity index (χ2n) is 3.26. The Kier molecular flexibility index (Phi) is 2.79. The summed E-state index contributed by atoms with van der Waals surface area (Å²) < 4.78 is 2.52. The third-order valence-corrected chi connectivity index (χ3v) is 4.17. The molecule has 15 heavy (non-hydrogen) atoms. The first-order valence-corrected chi connectivity index (χ1v) is 6.11. The van der Waals surface area contributed by atoms with Gasteiger partial charge in [0.05, 0.1) is 15.2 Å². The zero-order valence-corrected chi connectivity index (χ0v) is 10.6. The van der Waals surface area contributed by atoms with Gasteiger partial charge in [-0.1, -0.05) is 34.5 Å². The largest absolute Gasteiger partial charge is 0.308 e. The molecule has 2 nitrogen and oxygen atoms in total. The van der Waals surface area contributed by atoms with E-state index in [1.54, 1.807) is 10.6 Å². The van der Waals surface area contributed by atoms with Crippen LogP contribution in [-0.4, -0.2) is 4.57 Å². The van der Waals surface area contributed by atoms with Crippen LogP contribution < -0.4 is 4.87 Å². The summed E-state index contributed by atoms with van der Waals surface area (Å²) in [6, 6.07) is 1.80. The van der Waals surface area contributed by atoms with Gasteiger partial charge in [-0.2, -0.15) is 0 Å².